The largest absolute Gasteiger partial charge is 0.322 e. The minimum atomic E-state index is -0.0329. The summed E-state index contributed by atoms with van der Waals surface area (Å²) < 4.78 is 1.82. The first-order chi connectivity index (χ1) is 7.89. The standard InChI is InChI=1S/C12H18N4S/c1-12(2,3)10(13)11-15-8(7-17-11)9-5-6-14-16(9)4/h5-7,10H,13H2,1-4H3. The Balaban J connectivity index is 2.31. The van der Waals surface area contributed by atoms with Crippen LogP contribution in [0.15, 0.2) is 17.6 Å². The van der Waals surface area contributed by atoms with Crippen LogP contribution in [0.3, 0.4) is 0 Å². The van der Waals surface area contributed by atoms with Crippen molar-refractivity contribution in [2.75, 3.05) is 0 Å². The Morgan fingerprint density at radius 3 is 2.65 bits per heavy atom. The van der Waals surface area contributed by atoms with Gasteiger partial charge in [0.25, 0.3) is 0 Å². The van der Waals surface area contributed by atoms with Crippen molar-refractivity contribution >= 4 is 11.3 Å². The van der Waals surface area contributed by atoms with E-state index >= 15 is 0 Å². The highest BCUT2D eigenvalue weighted by molar-refractivity contribution is 7.10. The van der Waals surface area contributed by atoms with Gasteiger partial charge in [0.2, 0.25) is 0 Å². The van der Waals surface area contributed by atoms with Gasteiger partial charge in [-0.1, -0.05) is 20.8 Å². The minimum absolute atomic E-state index is 0.0293. The zero-order valence-corrected chi connectivity index (χ0v) is 11.5. The summed E-state index contributed by atoms with van der Waals surface area (Å²) in [5.74, 6) is 0. The normalized spacial score (nSPS) is 13.9. The molecule has 0 radical (unpaired) electrons. The van der Waals surface area contributed by atoms with Gasteiger partial charge in [-0.2, -0.15) is 5.10 Å². The first kappa shape index (κ1) is 12.3. The predicted octanol–water partition coefficient (Wildman–Crippen LogP) is 2.59. The topological polar surface area (TPSA) is 56.7 Å². The van der Waals surface area contributed by atoms with Crippen molar-refractivity contribution < 1.29 is 0 Å². The zero-order valence-electron chi connectivity index (χ0n) is 10.6. The van der Waals surface area contributed by atoms with Crippen molar-refractivity contribution in [3.05, 3.63) is 22.7 Å². The maximum Gasteiger partial charge on any atom is 0.111 e. The van der Waals surface area contributed by atoms with Crippen molar-refractivity contribution in [3.63, 3.8) is 0 Å². The van der Waals surface area contributed by atoms with Crippen molar-refractivity contribution in [1.29, 1.82) is 0 Å². The van der Waals surface area contributed by atoms with E-state index in [1.165, 1.54) is 0 Å². The van der Waals surface area contributed by atoms with Gasteiger partial charge in [-0.25, -0.2) is 4.98 Å². The third-order valence-corrected chi connectivity index (χ3v) is 3.73. The lowest BCUT2D eigenvalue weighted by Gasteiger charge is -2.24. The average Bonchev–Trinajstić information content (AvgIpc) is 2.83. The highest BCUT2D eigenvalue weighted by Crippen LogP contribution is 2.33. The summed E-state index contributed by atoms with van der Waals surface area (Å²) >= 11 is 1.61. The SMILES string of the molecule is Cn1nccc1-c1csc(C(N)C(C)(C)C)n1. The number of nitrogens with two attached hydrogens (primary N) is 1. The van der Waals surface area contributed by atoms with Crippen molar-refractivity contribution in [3.8, 4) is 11.4 Å². The molecule has 0 aliphatic carbocycles. The predicted molar refractivity (Wildman–Crippen MR) is 70.7 cm³/mol. The molecule has 0 aliphatic rings. The van der Waals surface area contributed by atoms with Gasteiger partial charge >= 0.3 is 0 Å². The molecule has 17 heavy (non-hydrogen) atoms. The highest BCUT2D eigenvalue weighted by Gasteiger charge is 2.25. The van der Waals surface area contributed by atoms with E-state index in [0.717, 1.165) is 16.4 Å². The number of hydrogen-bond donors (Lipinski definition) is 1. The molecule has 2 N–H and O–H groups in total. The first-order valence-corrected chi connectivity index (χ1v) is 6.47. The molecule has 2 heterocycles. The lowest BCUT2D eigenvalue weighted by molar-refractivity contribution is 0.326. The molecule has 1 unspecified atom stereocenters. The monoisotopic (exact) mass is 250 g/mol. The minimum Gasteiger partial charge on any atom is -0.322 e. The summed E-state index contributed by atoms with van der Waals surface area (Å²) in [5, 5.41) is 7.17. The Morgan fingerprint density at radius 1 is 1.41 bits per heavy atom. The van der Waals surface area contributed by atoms with Gasteiger partial charge in [-0.05, 0) is 11.5 Å². The summed E-state index contributed by atoms with van der Waals surface area (Å²) in [6, 6.07) is 1.93. The molecule has 0 saturated carbocycles. The van der Waals surface area contributed by atoms with Gasteiger partial charge in [0.15, 0.2) is 0 Å². The second-order valence-electron chi connectivity index (χ2n) is 5.25. The molecule has 0 fully saturated rings. The molecular formula is C12H18N4S. The highest BCUT2D eigenvalue weighted by atomic mass is 32.1. The molecule has 0 amide bonds. The molecule has 5 heteroatoms. The maximum absolute atomic E-state index is 6.20. The van der Waals surface area contributed by atoms with Crippen molar-refractivity contribution in [2.24, 2.45) is 18.2 Å². The van der Waals surface area contributed by atoms with E-state index in [2.05, 4.69) is 30.9 Å². The van der Waals surface area contributed by atoms with Crippen LogP contribution < -0.4 is 5.73 Å². The maximum atomic E-state index is 6.20. The second-order valence-corrected chi connectivity index (χ2v) is 6.14. The van der Waals surface area contributed by atoms with Crippen LogP contribution in [-0.4, -0.2) is 14.8 Å². The van der Waals surface area contributed by atoms with Gasteiger partial charge in [-0.3, -0.25) is 4.68 Å². The fraction of sp³-hybridized carbons (Fsp3) is 0.500. The lowest BCUT2D eigenvalue weighted by Crippen LogP contribution is -2.26. The van der Waals surface area contributed by atoms with E-state index in [1.54, 1.807) is 17.5 Å². The summed E-state index contributed by atoms with van der Waals surface area (Å²) in [6.45, 7) is 6.38. The van der Waals surface area contributed by atoms with Crippen LogP contribution in [0.25, 0.3) is 11.4 Å². The van der Waals surface area contributed by atoms with E-state index in [4.69, 9.17) is 5.73 Å². The van der Waals surface area contributed by atoms with Crippen molar-refractivity contribution in [2.45, 2.75) is 26.8 Å². The first-order valence-electron chi connectivity index (χ1n) is 5.59. The summed E-state index contributed by atoms with van der Waals surface area (Å²) in [6.07, 6.45) is 1.78. The number of aryl methyl sites for hydroxylation is 1. The van der Waals surface area contributed by atoms with Crippen LogP contribution in [0.1, 0.15) is 31.8 Å². The quantitative estimate of drug-likeness (QED) is 0.891. The van der Waals surface area contributed by atoms with E-state index in [9.17, 15) is 0 Å². The van der Waals surface area contributed by atoms with E-state index in [0.29, 0.717) is 0 Å². The number of aromatic nitrogens is 3. The summed E-state index contributed by atoms with van der Waals surface area (Å²) in [4.78, 5) is 4.61. The molecule has 4 nitrogen and oxygen atoms in total. The van der Waals surface area contributed by atoms with E-state index in [-0.39, 0.29) is 11.5 Å². The summed E-state index contributed by atoms with van der Waals surface area (Å²) in [5.41, 5.74) is 8.20. The Hall–Kier alpha value is -1.20. The fourth-order valence-electron chi connectivity index (χ4n) is 1.54. The van der Waals surface area contributed by atoms with Crippen LogP contribution in [0.5, 0.6) is 0 Å². The van der Waals surface area contributed by atoms with Gasteiger partial charge in [0.05, 0.1) is 17.4 Å². The van der Waals surface area contributed by atoms with E-state index < -0.39 is 0 Å². The summed E-state index contributed by atoms with van der Waals surface area (Å²) in [7, 11) is 1.91. The molecule has 2 aromatic rings. The third kappa shape index (κ3) is 2.40. The number of hydrogen-bond acceptors (Lipinski definition) is 4. The molecule has 0 aromatic carbocycles. The molecule has 2 aromatic heterocycles. The van der Waals surface area contributed by atoms with Crippen LogP contribution in [-0.2, 0) is 7.05 Å². The van der Waals surface area contributed by atoms with Gasteiger partial charge in [0, 0.05) is 18.6 Å². The smallest absolute Gasteiger partial charge is 0.111 e. The Morgan fingerprint density at radius 2 is 2.12 bits per heavy atom. The van der Waals surface area contributed by atoms with Gasteiger partial charge in [0.1, 0.15) is 5.01 Å². The Bertz CT molecular complexity index is 507. The Kier molecular flexibility index (Phi) is 3.05. The molecule has 2 rings (SSSR count). The number of rotatable bonds is 2. The van der Waals surface area contributed by atoms with Crippen molar-refractivity contribution in [1.82, 2.24) is 14.8 Å². The molecule has 0 bridgehead atoms. The molecule has 1 atom stereocenters. The van der Waals surface area contributed by atoms with Gasteiger partial charge < -0.3 is 5.73 Å². The molecule has 0 aliphatic heterocycles. The zero-order chi connectivity index (χ0) is 12.6. The van der Waals surface area contributed by atoms with Crippen LogP contribution in [0.4, 0.5) is 0 Å². The Labute approximate surface area is 105 Å². The molecule has 0 saturated heterocycles. The van der Waals surface area contributed by atoms with E-state index in [1.807, 2.05) is 23.2 Å². The average molecular weight is 250 g/mol. The second kappa shape index (κ2) is 4.23. The number of nitrogens with zero attached hydrogens (tertiary/aromatic N) is 3. The molecule has 92 valence electrons. The molecular weight excluding hydrogens is 232 g/mol. The fourth-order valence-corrected chi connectivity index (χ4v) is 2.60. The molecule has 0 spiro atoms. The van der Waals surface area contributed by atoms with Crippen LogP contribution in [0, 0.1) is 5.41 Å². The van der Waals surface area contributed by atoms with Gasteiger partial charge in [-0.15, -0.1) is 11.3 Å². The number of thiazole rings is 1. The third-order valence-electron chi connectivity index (χ3n) is 2.80. The van der Waals surface area contributed by atoms with Crippen LogP contribution >= 0.6 is 11.3 Å². The van der Waals surface area contributed by atoms with Crippen LogP contribution in [0.2, 0.25) is 0 Å². The lowest BCUT2D eigenvalue weighted by atomic mass is 9.88.